The van der Waals surface area contributed by atoms with Gasteiger partial charge in [0.1, 0.15) is 17.6 Å². The average Bonchev–Trinajstić information content (AvgIpc) is 2.65. The van der Waals surface area contributed by atoms with E-state index in [-0.39, 0.29) is 23.6 Å². The zero-order valence-electron chi connectivity index (χ0n) is 14.5. The molecule has 0 fully saturated rings. The Balaban J connectivity index is 2.04. The quantitative estimate of drug-likeness (QED) is 0.773. The summed E-state index contributed by atoms with van der Waals surface area (Å²) in [6, 6.07) is 9.55. The first-order valence-electron chi connectivity index (χ1n) is 7.90. The number of ether oxygens (including phenoxy) is 1. The maximum Gasteiger partial charge on any atom is 0.417 e. The SMILES string of the molecule is C[C@H](COc1ccc(C#N)c(F)c1)C(=O)Nc1ccc(C#N)c(C(F)(F)F)c1. The second kappa shape index (κ2) is 8.40. The van der Waals surface area contributed by atoms with Crippen molar-refractivity contribution in [3.05, 3.63) is 58.9 Å². The lowest BCUT2D eigenvalue weighted by molar-refractivity contribution is -0.137. The highest BCUT2D eigenvalue weighted by Crippen LogP contribution is 2.33. The fraction of sp³-hybridized carbons (Fsp3) is 0.211. The number of halogens is 4. The molecule has 0 aliphatic carbocycles. The lowest BCUT2D eigenvalue weighted by Crippen LogP contribution is -2.25. The Labute approximate surface area is 157 Å². The van der Waals surface area contributed by atoms with Crippen molar-refractivity contribution in [2.75, 3.05) is 11.9 Å². The number of hydrogen-bond acceptors (Lipinski definition) is 4. The van der Waals surface area contributed by atoms with Crippen molar-refractivity contribution in [3.63, 3.8) is 0 Å². The van der Waals surface area contributed by atoms with Gasteiger partial charge in [0, 0.05) is 11.8 Å². The second-order valence-corrected chi connectivity index (χ2v) is 5.82. The van der Waals surface area contributed by atoms with E-state index in [1.54, 1.807) is 6.07 Å². The molecule has 0 aliphatic heterocycles. The van der Waals surface area contributed by atoms with Crippen LogP contribution in [0, 0.1) is 34.4 Å². The van der Waals surface area contributed by atoms with Gasteiger partial charge in [-0.3, -0.25) is 4.79 Å². The van der Waals surface area contributed by atoms with Gasteiger partial charge in [-0.1, -0.05) is 6.92 Å². The van der Waals surface area contributed by atoms with Crippen molar-refractivity contribution in [1.29, 1.82) is 10.5 Å². The molecule has 0 radical (unpaired) electrons. The van der Waals surface area contributed by atoms with Crippen LogP contribution >= 0.6 is 0 Å². The van der Waals surface area contributed by atoms with Crippen LogP contribution in [0.1, 0.15) is 23.6 Å². The maximum atomic E-state index is 13.5. The maximum absolute atomic E-state index is 13.5. The minimum atomic E-state index is -4.74. The lowest BCUT2D eigenvalue weighted by atomic mass is 10.1. The molecule has 0 bridgehead atoms. The molecule has 144 valence electrons. The Hall–Kier alpha value is -3.59. The predicted molar refractivity (Wildman–Crippen MR) is 90.6 cm³/mol. The van der Waals surface area contributed by atoms with Crippen LogP contribution in [0.4, 0.5) is 23.2 Å². The molecule has 0 unspecified atom stereocenters. The van der Waals surface area contributed by atoms with Gasteiger partial charge in [-0.2, -0.15) is 23.7 Å². The highest BCUT2D eigenvalue weighted by Gasteiger charge is 2.34. The number of nitrogens with zero attached hydrogens (tertiary/aromatic N) is 2. The number of amides is 1. The molecule has 2 rings (SSSR count). The Kier molecular flexibility index (Phi) is 6.22. The van der Waals surface area contributed by atoms with Crippen molar-refractivity contribution in [2.24, 2.45) is 5.92 Å². The first-order chi connectivity index (χ1) is 13.2. The first kappa shape index (κ1) is 20.7. The van der Waals surface area contributed by atoms with Gasteiger partial charge >= 0.3 is 6.18 Å². The molecule has 0 saturated heterocycles. The number of benzene rings is 2. The predicted octanol–water partition coefficient (Wildman–Crippen LogP) is 4.24. The summed E-state index contributed by atoms with van der Waals surface area (Å²) in [5.74, 6) is -2.06. The molecule has 2 aromatic rings. The van der Waals surface area contributed by atoms with Gasteiger partial charge in [-0.05, 0) is 30.3 Å². The Bertz CT molecular complexity index is 975. The van der Waals surface area contributed by atoms with Crippen LogP contribution in [0.25, 0.3) is 0 Å². The molecule has 1 amide bonds. The molecule has 0 aromatic heterocycles. The Morgan fingerprint density at radius 1 is 1.14 bits per heavy atom. The van der Waals surface area contributed by atoms with Crippen LogP contribution < -0.4 is 10.1 Å². The Morgan fingerprint density at radius 3 is 2.36 bits per heavy atom. The summed E-state index contributed by atoms with van der Waals surface area (Å²) in [6.07, 6.45) is -4.74. The molecule has 0 spiro atoms. The molecule has 28 heavy (non-hydrogen) atoms. The topological polar surface area (TPSA) is 85.9 Å². The smallest absolute Gasteiger partial charge is 0.417 e. The van der Waals surface area contributed by atoms with E-state index < -0.39 is 34.9 Å². The van der Waals surface area contributed by atoms with Crippen molar-refractivity contribution in [3.8, 4) is 17.9 Å². The zero-order chi connectivity index (χ0) is 20.9. The van der Waals surface area contributed by atoms with Crippen LogP contribution in [0.5, 0.6) is 5.75 Å². The highest BCUT2D eigenvalue weighted by atomic mass is 19.4. The summed E-state index contributed by atoms with van der Waals surface area (Å²) in [5.41, 5.74) is -1.97. The van der Waals surface area contributed by atoms with E-state index in [0.717, 1.165) is 12.1 Å². The third kappa shape index (κ3) is 4.98. The van der Waals surface area contributed by atoms with Gasteiger partial charge in [-0.25, -0.2) is 4.39 Å². The minimum absolute atomic E-state index is 0.105. The fourth-order valence-corrected chi connectivity index (χ4v) is 2.19. The average molecular weight is 391 g/mol. The molecule has 1 N–H and O–H groups in total. The summed E-state index contributed by atoms with van der Waals surface area (Å²) >= 11 is 0. The van der Waals surface area contributed by atoms with Crippen LogP contribution in [0.2, 0.25) is 0 Å². The molecule has 9 heteroatoms. The van der Waals surface area contributed by atoms with Crippen LogP contribution in [-0.2, 0) is 11.0 Å². The molecular formula is C19H13F4N3O2. The van der Waals surface area contributed by atoms with E-state index in [1.807, 2.05) is 0 Å². The first-order valence-corrected chi connectivity index (χ1v) is 7.90. The standard InChI is InChI=1S/C19H13F4N3O2/c1-11(10-28-15-5-3-13(9-25)17(20)7-15)18(27)26-14-4-2-12(8-24)16(6-14)19(21,22)23/h2-7,11H,10H2,1H3,(H,26,27)/t11-/m1/s1. The summed E-state index contributed by atoms with van der Waals surface area (Å²) < 4.78 is 57.7. The largest absolute Gasteiger partial charge is 0.493 e. The number of rotatable bonds is 5. The van der Waals surface area contributed by atoms with Crippen LogP contribution in [0.15, 0.2) is 36.4 Å². The third-order valence-electron chi connectivity index (χ3n) is 3.72. The van der Waals surface area contributed by atoms with Gasteiger partial charge in [0.05, 0.1) is 35.3 Å². The van der Waals surface area contributed by atoms with E-state index in [0.29, 0.717) is 6.07 Å². The lowest BCUT2D eigenvalue weighted by Gasteiger charge is -2.15. The van der Waals surface area contributed by atoms with Crippen LogP contribution in [-0.4, -0.2) is 12.5 Å². The molecule has 0 saturated carbocycles. The summed E-state index contributed by atoms with van der Waals surface area (Å²) in [4.78, 5) is 12.2. The van der Waals surface area contributed by atoms with Crippen molar-refractivity contribution in [1.82, 2.24) is 0 Å². The van der Waals surface area contributed by atoms with Gasteiger partial charge in [-0.15, -0.1) is 0 Å². The summed E-state index contributed by atoms with van der Waals surface area (Å²) in [7, 11) is 0. The number of carbonyl (C=O) groups is 1. The van der Waals surface area contributed by atoms with Gasteiger partial charge in [0.15, 0.2) is 0 Å². The molecule has 5 nitrogen and oxygen atoms in total. The van der Waals surface area contributed by atoms with Crippen molar-refractivity contribution < 1.29 is 27.1 Å². The number of nitriles is 2. The molecule has 1 atom stereocenters. The molecular weight excluding hydrogens is 378 g/mol. The highest BCUT2D eigenvalue weighted by molar-refractivity contribution is 5.92. The summed E-state index contributed by atoms with van der Waals surface area (Å²) in [6.45, 7) is 1.31. The van der Waals surface area contributed by atoms with E-state index >= 15 is 0 Å². The number of alkyl halides is 3. The molecule has 2 aromatic carbocycles. The Morgan fingerprint density at radius 2 is 1.79 bits per heavy atom. The minimum Gasteiger partial charge on any atom is -0.493 e. The number of anilines is 1. The van der Waals surface area contributed by atoms with Gasteiger partial charge in [0.25, 0.3) is 0 Å². The third-order valence-corrected chi connectivity index (χ3v) is 3.72. The van der Waals surface area contributed by atoms with E-state index in [4.69, 9.17) is 15.3 Å². The molecule has 0 aliphatic rings. The zero-order valence-corrected chi connectivity index (χ0v) is 14.5. The summed E-state index contributed by atoms with van der Waals surface area (Å²) in [5, 5.41) is 19.8. The molecule has 0 heterocycles. The van der Waals surface area contributed by atoms with Crippen molar-refractivity contribution in [2.45, 2.75) is 13.1 Å². The second-order valence-electron chi connectivity index (χ2n) is 5.82. The number of hydrogen-bond donors (Lipinski definition) is 1. The van der Waals surface area contributed by atoms with E-state index in [2.05, 4.69) is 5.32 Å². The fourth-order valence-electron chi connectivity index (χ4n) is 2.19. The normalized spacial score (nSPS) is 11.8. The van der Waals surface area contributed by atoms with Crippen LogP contribution in [0.3, 0.4) is 0 Å². The van der Waals surface area contributed by atoms with Crippen molar-refractivity contribution >= 4 is 11.6 Å². The number of nitrogens with one attached hydrogen (secondary N) is 1. The van der Waals surface area contributed by atoms with Gasteiger partial charge in [0.2, 0.25) is 5.91 Å². The monoisotopic (exact) mass is 391 g/mol. The van der Waals surface area contributed by atoms with E-state index in [9.17, 15) is 22.4 Å². The number of carbonyl (C=O) groups excluding carboxylic acids is 1. The van der Waals surface area contributed by atoms with E-state index in [1.165, 1.54) is 31.2 Å². The van der Waals surface area contributed by atoms with Gasteiger partial charge < -0.3 is 10.1 Å².